The number of ether oxygens (including phenoxy) is 1. The van der Waals surface area contributed by atoms with Gasteiger partial charge in [0.1, 0.15) is 5.75 Å². The van der Waals surface area contributed by atoms with Gasteiger partial charge in [0.25, 0.3) is 0 Å². The van der Waals surface area contributed by atoms with E-state index in [-0.39, 0.29) is 5.91 Å². The highest BCUT2D eigenvalue weighted by Crippen LogP contribution is 2.39. The Kier molecular flexibility index (Phi) is 3.17. The van der Waals surface area contributed by atoms with Gasteiger partial charge in [0, 0.05) is 12.7 Å². The molecular weight excluding hydrogens is 266 g/mol. The SMILES string of the molecule is COc1ccccc1N(C)c1cc2c(cc1N)CC(=O)N2. The average molecular weight is 283 g/mol. The van der Waals surface area contributed by atoms with E-state index in [2.05, 4.69) is 5.32 Å². The average Bonchev–Trinajstić information content (AvgIpc) is 2.84. The van der Waals surface area contributed by atoms with Gasteiger partial charge in [-0.2, -0.15) is 0 Å². The van der Waals surface area contributed by atoms with E-state index in [0.29, 0.717) is 12.1 Å². The second kappa shape index (κ2) is 5.01. The molecule has 0 fully saturated rings. The van der Waals surface area contributed by atoms with Crippen molar-refractivity contribution in [1.82, 2.24) is 0 Å². The van der Waals surface area contributed by atoms with E-state index in [9.17, 15) is 4.79 Å². The fraction of sp³-hybridized carbons (Fsp3) is 0.188. The number of rotatable bonds is 3. The van der Waals surface area contributed by atoms with E-state index in [0.717, 1.165) is 28.4 Å². The van der Waals surface area contributed by atoms with Crippen LogP contribution in [0.5, 0.6) is 5.75 Å². The maximum Gasteiger partial charge on any atom is 0.228 e. The van der Waals surface area contributed by atoms with Gasteiger partial charge in [-0.15, -0.1) is 0 Å². The summed E-state index contributed by atoms with van der Waals surface area (Å²) >= 11 is 0. The molecule has 2 aromatic carbocycles. The molecule has 0 aliphatic carbocycles. The lowest BCUT2D eigenvalue weighted by molar-refractivity contribution is -0.115. The number of methoxy groups -OCH3 is 1. The zero-order valence-corrected chi connectivity index (χ0v) is 12.0. The third-order valence-corrected chi connectivity index (χ3v) is 3.69. The largest absolute Gasteiger partial charge is 0.495 e. The minimum absolute atomic E-state index is 0.00138. The molecule has 0 atom stereocenters. The summed E-state index contributed by atoms with van der Waals surface area (Å²) in [6.45, 7) is 0. The number of fused-ring (bicyclic) bond motifs is 1. The molecule has 3 rings (SSSR count). The first-order valence-electron chi connectivity index (χ1n) is 6.69. The lowest BCUT2D eigenvalue weighted by Crippen LogP contribution is -2.13. The Balaban J connectivity index is 2.04. The van der Waals surface area contributed by atoms with E-state index < -0.39 is 0 Å². The van der Waals surface area contributed by atoms with Gasteiger partial charge < -0.3 is 20.7 Å². The van der Waals surface area contributed by atoms with Crippen molar-refractivity contribution in [3.8, 4) is 5.75 Å². The van der Waals surface area contributed by atoms with Gasteiger partial charge in [-0.1, -0.05) is 12.1 Å². The first-order chi connectivity index (χ1) is 10.1. The molecule has 1 aliphatic heterocycles. The summed E-state index contributed by atoms with van der Waals surface area (Å²) in [5.41, 5.74) is 10.3. The Morgan fingerprint density at radius 1 is 1.24 bits per heavy atom. The van der Waals surface area contributed by atoms with Crippen LogP contribution in [0.4, 0.5) is 22.7 Å². The number of nitrogen functional groups attached to an aromatic ring is 1. The fourth-order valence-corrected chi connectivity index (χ4v) is 2.61. The zero-order chi connectivity index (χ0) is 15.0. The monoisotopic (exact) mass is 283 g/mol. The molecule has 3 N–H and O–H groups in total. The topological polar surface area (TPSA) is 67.6 Å². The van der Waals surface area contributed by atoms with Gasteiger partial charge in [-0.05, 0) is 29.8 Å². The van der Waals surface area contributed by atoms with Gasteiger partial charge in [0.2, 0.25) is 5.91 Å². The van der Waals surface area contributed by atoms with Crippen molar-refractivity contribution in [2.75, 3.05) is 30.1 Å². The molecular formula is C16H17N3O2. The van der Waals surface area contributed by atoms with Crippen molar-refractivity contribution >= 4 is 28.7 Å². The number of amides is 1. The Morgan fingerprint density at radius 2 is 2.00 bits per heavy atom. The lowest BCUT2D eigenvalue weighted by atomic mass is 10.1. The van der Waals surface area contributed by atoms with Gasteiger partial charge in [-0.25, -0.2) is 0 Å². The smallest absolute Gasteiger partial charge is 0.228 e. The number of benzene rings is 2. The summed E-state index contributed by atoms with van der Waals surface area (Å²) in [5, 5.41) is 2.85. The Bertz CT molecular complexity index is 713. The van der Waals surface area contributed by atoms with Crippen LogP contribution < -0.4 is 20.7 Å². The van der Waals surface area contributed by atoms with Crippen LogP contribution in [-0.4, -0.2) is 20.1 Å². The van der Waals surface area contributed by atoms with E-state index in [1.807, 2.05) is 48.3 Å². The molecule has 5 heteroatoms. The van der Waals surface area contributed by atoms with Crippen LogP contribution in [0.2, 0.25) is 0 Å². The van der Waals surface area contributed by atoms with Crippen molar-refractivity contribution in [1.29, 1.82) is 0 Å². The van der Waals surface area contributed by atoms with Gasteiger partial charge in [-0.3, -0.25) is 4.79 Å². The quantitative estimate of drug-likeness (QED) is 0.849. The number of nitrogens with two attached hydrogens (primary N) is 1. The van der Waals surface area contributed by atoms with Crippen LogP contribution in [0.15, 0.2) is 36.4 Å². The van der Waals surface area contributed by atoms with Gasteiger partial charge in [0.05, 0.1) is 30.6 Å². The molecule has 0 unspecified atom stereocenters. The van der Waals surface area contributed by atoms with E-state index in [1.54, 1.807) is 7.11 Å². The van der Waals surface area contributed by atoms with Gasteiger partial charge >= 0.3 is 0 Å². The molecule has 2 aromatic rings. The highest BCUT2D eigenvalue weighted by Gasteiger charge is 2.21. The van der Waals surface area contributed by atoms with Crippen molar-refractivity contribution in [2.24, 2.45) is 0 Å². The van der Waals surface area contributed by atoms with E-state index in [1.165, 1.54) is 0 Å². The number of nitrogens with one attached hydrogen (secondary N) is 1. The van der Waals surface area contributed by atoms with Crippen LogP contribution in [0.3, 0.4) is 0 Å². The number of anilines is 4. The molecule has 0 saturated carbocycles. The predicted molar refractivity (Wildman–Crippen MR) is 84.2 cm³/mol. The molecule has 0 saturated heterocycles. The summed E-state index contributed by atoms with van der Waals surface area (Å²) < 4.78 is 5.39. The van der Waals surface area contributed by atoms with Crippen molar-refractivity contribution in [3.05, 3.63) is 42.0 Å². The molecule has 21 heavy (non-hydrogen) atoms. The molecule has 0 radical (unpaired) electrons. The highest BCUT2D eigenvalue weighted by atomic mass is 16.5. The van der Waals surface area contributed by atoms with Crippen molar-refractivity contribution in [2.45, 2.75) is 6.42 Å². The number of nitrogens with zero attached hydrogens (tertiary/aromatic N) is 1. The third-order valence-electron chi connectivity index (χ3n) is 3.69. The molecule has 0 bridgehead atoms. The number of hydrogen-bond donors (Lipinski definition) is 2. The fourth-order valence-electron chi connectivity index (χ4n) is 2.61. The number of carbonyl (C=O) groups excluding carboxylic acids is 1. The Labute approximate surface area is 123 Å². The number of hydrogen-bond acceptors (Lipinski definition) is 4. The maximum atomic E-state index is 11.5. The normalized spacial score (nSPS) is 12.8. The second-order valence-electron chi connectivity index (χ2n) is 5.02. The molecule has 5 nitrogen and oxygen atoms in total. The number of carbonyl (C=O) groups is 1. The van der Waals surface area contributed by atoms with Crippen LogP contribution in [0, 0.1) is 0 Å². The molecule has 1 aliphatic rings. The Morgan fingerprint density at radius 3 is 2.76 bits per heavy atom. The van der Waals surface area contributed by atoms with Crippen molar-refractivity contribution in [3.63, 3.8) is 0 Å². The first-order valence-corrected chi connectivity index (χ1v) is 6.69. The summed E-state index contributed by atoms with van der Waals surface area (Å²) in [4.78, 5) is 13.4. The highest BCUT2D eigenvalue weighted by molar-refractivity contribution is 6.01. The third kappa shape index (κ3) is 2.27. The predicted octanol–water partition coefficient (Wildman–Crippen LogP) is 2.54. The lowest BCUT2D eigenvalue weighted by Gasteiger charge is -2.24. The minimum atomic E-state index is 0.00138. The first kappa shape index (κ1) is 13.3. The van der Waals surface area contributed by atoms with Gasteiger partial charge in [0.15, 0.2) is 0 Å². The van der Waals surface area contributed by atoms with Crippen molar-refractivity contribution < 1.29 is 9.53 Å². The zero-order valence-electron chi connectivity index (χ0n) is 12.0. The van der Waals surface area contributed by atoms with E-state index in [4.69, 9.17) is 10.5 Å². The van der Waals surface area contributed by atoms with Crippen LogP contribution >= 0.6 is 0 Å². The number of para-hydroxylation sites is 2. The molecule has 108 valence electrons. The summed E-state index contributed by atoms with van der Waals surface area (Å²) in [6.07, 6.45) is 0.387. The Hall–Kier alpha value is -2.69. The van der Waals surface area contributed by atoms with Crippen LogP contribution in [-0.2, 0) is 11.2 Å². The summed E-state index contributed by atoms with van der Waals surface area (Å²) in [6, 6.07) is 11.5. The van der Waals surface area contributed by atoms with Crippen LogP contribution in [0.1, 0.15) is 5.56 Å². The van der Waals surface area contributed by atoms with E-state index >= 15 is 0 Å². The molecule has 1 amide bonds. The standard InChI is InChI=1S/C16H17N3O2/c1-19(13-5-3-4-6-15(13)21-2)14-9-12-10(7-11(14)17)8-16(20)18-12/h3-7,9H,8,17H2,1-2H3,(H,18,20). The summed E-state index contributed by atoms with van der Waals surface area (Å²) in [5.74, 6) is 0.769. The summed E-state index contributed by atoms with van der Waals surface area (Å²) in [7, 11) is 3.56. The molecule has 1 heterocycles. The second-order valence-corrected chi connectivity index (χ2v) is 5.02. The van der Waals surface area contributed by atoms with Crippen LogP contribution in [0.25, 0.3) is 0 Å². The molecule has 0 aromatic heterocycles. The molecule has 0 spiro atoms. The minimum Gasteiger partial charge on any atom is -0.495 e. The maximum absolute atomic E-state index is 11.5.